The second-order valence-electron chi connectivity index (χ2n) is 8.48. The van der Waals surface area contributed by atoms with E-state index < -0.39 is 5.79 Å². The highest BCUT2D eigenvalue weighted by atomic mass is 16.7. The number of ketones is 1. The zero-order valence-electron chi connectivity index (χ0n) is 14.2. The first-order chi connectivity index (χ1) is 10.9. The fourth-order valence-corrected chi connectivity index (χ4v) is 5.90. The number of Topliss-reactive ketones (excluding diaryl/α,β-unsaturated/α-hetero) is 1. The molecule has 1 saturated heterocycles. The van der Waals surface area contributed by atoms with Crippen molar-refractivity contribution in [3.8, 4) is 0 Å². The highest BCUT2D eigenvalue weighted by Gasteiger charge is 2.66. The van der Waals surface area contributed by atoms with Gasteiger partial charge < -0.3 is 9.47 Å². The summed E-state index contributed by atoms with van der Waals surface area (Å²) in [4.78, 5) is 12.6. The Kier molecular flexibility index (Phi) is 2.51. The van der Waals surface area contributed by atoms with Crippen molar-refractivity contribution in [1.29, 1.82) is 0 Å². The van der Waals surface area contributed by atoms with E-state index in [0.29, 0.717) is 31.3 Å². The van der Waals surface area contributed by atoms with Gasteiger partial charge in [-0.25, -0.2) is 0 Å². The van der Waals surface area contributed by atoms with Crippen LogP contribution < -0.4 is 0 Å². The molecule has 122 valence electrons. The molecule has 2 bridgehead atoms. The van der Waals surface area contributed by atoms with Crippen LogP contribution in [0.1, 0.15) is 55.4 Å². The minimum Gasteiger partial charge on any atom is -0.345 e. The maximum absolute atomic E-state index is 12.6. The minimum absolute atomic E-state index is 0.00234. The summed E-state index contributed by atoms with van der Waals surface area (Å²) in [7, 11) is 0. The van der Waals surface area contributed by atoms with Crippen LogP contribution in [0.15, 0.2) is 12.1 Å². The van der Waals surface area contributed by atoms with E-state index in [2.05, 4.69) is 32.9 Å². The molecule has 1 saturated carbocycles. The van der Waals surface area contributed by atoms with E-state index in [1.165, 1.54) is 22.3 Å². The van der Waals surface area contributed by atoms with Gasteiger partial charge in [-0.1, -0.05) is 26.0 Å². The predicted octanol–water partition coefficient (Wildman–Crippen LogP) is 3.40. The van der Waals surface area contributed by atoms with Gasteiger partial charge in [0.15, 0.2) is 5.79 Å². The number of hydrogen-bond acceptors (Lipinski definition) is 3. The first kappa shape index (κ1) is 14.2. The highest BCUT2D eigenvalue weighted by Crippen LogP contribution is 2.65. The first-order valence-corrected chi connectivity index (χ1v) is 8.85. The molecule has 2 fully saturated rings. The summed E-state index contributed by atoms with van der Waals surface area (Å²) in [5.74, 6) is 0.115. The Bertz CT molecular complexity index is 735. The van der Waals surface area contributed by atoms with Crippen molar-refractivity contribution >= 4 is 5.78 Å². The van der Waals surface area contributed by atoms with Crippen molar-refractivity contribution in [2.24, 2.45) is 11.3 Å². The number of carbonyl (C=O) groups excluding carboxylic acids is 1. The Balaban J connectivity index is 1.82. The van der Waals surface area contributed by atoms with E-state index in [0.717, 1.165) is 19.3 Å². The van der Waals surface area contributed by atoms with Gasteiger partial charge in [-0.05, 0) is 42.4 Å². The molecule has 6 rings (SSSR count). The van der Waals surface area contributed by atoms with Crippen LogP contribution in [0.4, 0.5) is 0 Å². The molecule has 3 heterocycles. The maximum atomic E-state index is 12.6. The van der Waals surface area contributed by atoms with Crippen molar-refractivity contribution in [2.75, 3.05) is 13.2 Å². The maximum Gasteiger partial charge on any atom is 0.195 e. The Morgan fingerprint density at radius 3 is 2.83 bits per heavy atom. The molecule has 0 amide bonds. The van der Waals surface area contributed by atoms with Crippen molar-refractivity contribution in [1.82, 2.24) is 0 Å². The normalized spacial score (nSPS) is 39.8. The molecule has 3 atom stereocenters. The highest BCUT2D eigenvalue weighted by molar-refractivity contribution is 5.86. The molecule has 2 aliphatic carbocycles. The molecule has 3 heteroatoms. The van der Waals surface area contributed by atoms with Crippen LogP contribution in [0.3, 0.4) is 0 Å². The van der Waals surface area contributed by atoms with Gasteiger partial charge in [0.25, 0.3) is 0 Å². The molecule has 1 aromatic rings. The largest absolute Gasteiger partial charge is 0.345 e. The quantitative estimate of drug-likeness (QED) is 0.736. The third kappa shape index (κ3) is 1.47. The average Bonchev–Trinajstić information content (AvgIpc) is 2.54. The third-order valence-corrected chi connectivity index (χ3v) is 7.24. The number of aryl methyl sites for hydroxylation is 1. The Morgan fingerprint density at radius 2 is 2.00 bits per heavy atom. The smallest absolute Gasteiger partial charge is 0.195 e. The summed E-state index contributed by atoms with van der Waals surface area (Å²) >= 11 is 0. The van der Waals surface area contributed by atoms with Gasteiger partial charge in [-0.3, -0.25) is 4.79 Å². The number of carbonyl (C=O) groups is 1. The Labute approximate surface area is 137 Å². The summed E-state index contributed by atoms with van der Waals surface area (Å²) in [6.45, 7) is 7.88. The summed E-state index contributed by atoms with van der Waals surface area (Å²) in [5, 5.41) is 0. The summed E-state index contributed by atoms with van der Waals surface area (Å²) < 4.78 is 12.6. The van der Waals surface area contributed by atoms with Gasteiger partial charge in [-0.15, -0.1) is 0 Å². The van der Waals surface area contributed by atoms with Crippen LogP contribution in [0, 0.1) is 18.3 Å². The van der Waals surface area contributed by atoms with Gasteiger partial charge in [0.1, 0.15) is 5.78 Å². The van der Waals surface area contributed by atoms with Gasteiger partial charge in [0, 0.05) is 29.2 Å². The van der Waals surface area contributed by atoms with E-state index in [1.54, 1.807) is 0 Å². The Morgan fingerprint density at radius 1 is 1.17 bits per heavy atom. The molecule has 1 aromatic carbocycles. The lowest BCUT2D eigenvalue weighted by Gasteiger charge is -2.64. The molecule has 0 N–H and O–H groups in total. The lowest BCUT2D eigenvalue weighted by molar-refractivity contribution is -0.319. The van der Waals surface area contributed by atoms with Crippen LogP contribution in [-0.4, -0.2) is 19.0 Å². The standard InChI is InChI=1S/C20H24O3/c1-12-4-5-14-17-13(12)7-9-22-20(17)10-15-18(2,3)16(21)6-8-19(14,15)11-23-20/h4-5,15H,6-11H2,1-3H3. The van der Waals surface area contributed by atoms with Crippen molar-refractivity contribution in [2.45, 2.75) is 57.7 Å². The number of benzene rings is 1. The minimum atomic E-state index is -0.601. The van der Waals surface area contributed by atoms with Gasteiger partial charge in [0.05, 0.1) is 13.2 Å². The molecular weight excluding hydrogens is 288 g/mol. The molecule has 0 radical (unpaired) electrons. The fourth-order valence-electron chi connectivity index (χ4n) is 5.90. The van der Waals surface area contributed by atoms with Crippen molar-refractivity contribution in [3.05, 3.63) is 34.4 Å². The van der Waals surface area contributed by atoms with Crippen LogP contribution in [0.2, 0.25) is 0 Å². The lowest BCUT2D eigenvalue weighted by atomic mass is 9.46. The monoisotopic (exact) mass is 312 g/mol. The van der Waals surface area contributed by atoms with Gasteiger partial charge in [-0.2, -0.15) is 0 Å². The number of hydrogen-bond donors (Lipinski definition) is 0. The molecule has 5 aliphatic rings. The van der Waals surface area contributed by atoms with Gasteiger partial charge in [0.2, 0.25) is 0 Å². The molecule has 0 aromatic heterocycles. The Hall–Kier alpha value is -1.19. The van der Waals surface area contributed by atoms with E-state index in [-0.39, 0.29) is 10.8 Å². The zero-order chi connectivity index (χ0) is 16.0. The first-order valence-electron chi connectivity index (χ1n) is 8.85. The summed E-state index contributed by atoms with van der Waals surface area (Å²) in [6, 6.07) is 4.57. The predicted molar refractivity (Wildman–Crippen MR) is 86.3 cm³/mol. The van der Waals surface area contributed by atoms with Crippen LogP contribution in [0.5, 0.6) is 0 Å². The number of ether oxygens (including phenoxy) is 2. The molecule has 3 nitrogen and oxygen atoms in total. The molecule has 3 aliphatic heterocycles. The van der Waals surface area contributed by atoms with Crippen LogP contribution >= 0.6 is 0 Å². The van der Waals surface area contributed by atoms with E-state index in [1.807, 2.05) is 0 Å². The van der Waals surface area contributed by atoms with E-state index in [4.69, 9.17) is 9.47 Å². The molecule has 23 heavy (non-hydrogen) atoms. The van der Waals surface area contributed by atoms with Crippen molar-refractivity contribution < 1.29 is 14.3 Å². The lowest BCUT2D eigenvalue weighted by Crippen LogP contribution is -2.65. The van der Waals surface area contributed by atoms with Crippen LogP contribution in [-0.2, 0) is 31.9 Å². The van der Waals surface area contributed by atoms with E-state index in [9.17, 15) is 4.79 Å². The van der Waals surface area contributed by atoms with Gasteiger partial charge >= 0.3 is 0 Å². The van der Waals surface area contributed by atoms with Crippen LogP contribution in [0.25, 0.3) is 0 Å². The average molecular weight is 312 g/mol. The molecule has 2 spiro atoms. The topological polar surface area (TPSA) is 35.5 Å². The number of fused-ring (bicyclic) bond motifs is 1. The second kappa shape index (κ2) is 4.07. The summed E-state index contributed by atoms with van der Waals surface area (Å²) in [5.41, 5.74) is 5.22. The molecular formula is C20H24O3. The second-order valence-corrected chi connectivity index (χ2v) is 8.48. The van der Waals surface area contributed by atoms with E-state index >= 15 is 0 Å². The number of rotatable bonds is 0. The SMILES string of the molecule is Cc1ccc2c3c1CCOC31CC3C(C)(C)C(=O)CCC23CO1. The van der Waals surface area contributed by atoms with Crippen molar-refractivity contribution in [3.63, 3.8) is 0 Å². The summed E-state index contributed by atoms with van der Waals surface area (Å²) in [6.07, 6.45) is 3.40. The molecule has 3 unspecified atom stereocenters. The zero-order valence-corrected chi connectivity index (χ0v) is 14.2. The fraction of sp³-hybridized carbons (Fsp3) is 0.650. The third-order valence-electron chi connectivity index (χ3n) is 7.24.